The normalized spacial score (nSPS) is 18.0. The summed E-state index contributed by atoms with van der Waals surface area (Å²) < 4.78 is 27.7. The first kappa shape index (κ1) is 20.5. The molecule has 0 radical (unpaired) electrons. The van der Waals surface area contributed by atoms with Gasteiger partial charge in [0.25, 0.3) is 0 Å². The van der Waals surface area contributed by atoms with Crippen LogP contribution in [0.15, 0.2) is 59.5 Å². The van der Waals surface area contributed by atoms with Gasteiger partial charge in [-0.2, -0.15) is 4.72 Å². The van der Waals surface area contributed by atoms with Crippen molar-refractivity contribution in [3.05, 3.63) is 65.7 Å². The van der Waals surface area contributed by atoms with Crippen LogP contribution in [-0.4, -0.2) is 31.6 Å². The number of carbonyl (C=O) groups excluding carboxylic acids is 1. The minimum atomic E-state index is -3.95. The smallest absolute Gasteiger partial charge is 0.241 e. The van der Waals surface area contributed by atoms with Crippen molar-refractivity contribution >= 4 is 15.9 Å². The van der Waals surface area contributed by atoms with Gasteiger partial charge in [0.2, 0.25) is 15.9 Å². The molecule has 1 aliphatic rings. The molecule has 28 heavy (non-hydrogen) atoms. The minimum absolute atomic E-state index is 0.0537. The highest BCUT2D eigenvalue weighted by Gasteiger charge is 2.42. The molecule has 0 aliphatic heterocycles. The van der Waals surface area contributed by atoms with Crippen LogP contribution in [-0.2, 0) is 20.4 Å². The Morgan fingerprint density at radius 2 is 1.68 bits per heavy atom. The lowest BCUT2D eigenvalue weighted by Gasteiger charge is -2.44. The average molecular weight is 403 g/mol. The van der Waals surface area contributed by atoms with E-state index in [1.54, 1.807) is 12.1 Å². The number of aliphatic hydroxyl groups excluding tert-OH is 1. The van der Waals surface area contributed by atoms with Gasteiger partial charge in [0.15, 0.2) is 0 Å². The Labute approximate surface area is 166 Å². The van der Waals surface area contributed by atoms with Crippen LogP contribution in [0.5, 0.6) is 0 Å². The Morgan fingerprint density at radius 1 is 1.07 bits per heavy atom. The van der Waals surface area contributed by atoms with Gasteiger partial charge in [-0.05, 0) is 50.8 Å². The second-order valence-corrected chi connectivity index (χ2v) is 9.16. The number of carbonyl (C=O) groups is 1. The van der Waals surface area contributed by atoms with E-state index in [1.807, 2.05) is 37.3 Å². The van der Waals surface area contributed by atoms with Crippen LogP contribution in [0.3, 0.4) is 0 Å². The van der Waals surface area contributed by atoms with E-state index in [9.17, 15) is 18.3 Å². The first-order chi connectivity index (χ1) is 13.2. The predicted octanol–water partition coefficient (Wildman–Crippen LogP) is 2.22. The van der Waals surface area contributed by atoms with Crippen molar-refractivity contribution in [1.29, 1.82) is 0 Å². The van der Waals surface area contributed by atoms with Crippen LogP contribution in [0.4, 0.5) is 0 Å². The number of rotatable bonds is 7. The van der Waals surface area contributed by atoms with Crippen LogP contribution in [0.25, 0.3) is 0 Å². The fourth-order valence-corrected chi connectivity index (χ4v) is 4.68. The fourth-order valence-electron chi connectivity index (χ4n) is 3.41. The zero-order valence-corrected chi connectivity index (χ0v) is 16.9. The van der Waals surface area contributed by atoms with E-state index in [1.165, 1.54) is 19.1 Å². The van der Waals surface area contributed by atoms with Crippen molar-refractivity contribution in [2.75, 3.05) is 0 Å². The minimum Gasteiger partial charge on any atom is -0.391 e. The van der Waals surface area contributed by atoms with E-state index >= 15 is 0 Å². The van der Waals surface area contributed by atoms with Gasteiger partial charge in [-0.15, -0.1) is 0 Å². The molecule has 0 spiro atoms. The van der Waals surface area contributed by atoms with E-state index in [0.717, 1.165) is 30.4 Å². The van der Waals surface area contributed by atoms with Crippen molar-refractivity contribution in [3.8, 4) is 0 Å². The summed E-state index contributed by atoms with van der Waals surface area (Å²) >= 11 is 0. The molecule has 0 aromatic heterocycles. The zero-order valence-electron chi connectivity index (χ0n) is 16.1. The molecule has 1 amide bonds. The van der Waals surface area contributed by atoms with Gasteiger partial charge in [0.1, 0.15) is 6.04 Å². The van der Waals surface area contributed by atoms with Crippen molar-refractivity contribution in [3.63, 3.8) is 0 Å². The quantitative estimate of drug-likeness (QED) is 0.662. The number of benzene rings is 2. The maximum Gasteiger partial charge on any atom is 0.241 e. The molecule has 2 aromatic rings. The van der Waals surface area contributed by atoms with Gasteiger partial charge in [-0.1, -0.05) is 48.0 Å². The van der Waals surface area contributed by atoms with Crippen LogP contribution in [0.1, 0.15) is 37.3 Å². The van der Waals surface area contributed by atoms with E-state index in [0.29, 0.717) is 0 Å². The Morgan fingerprint density at radius 3 is 2.18 bits per heavy atom. The maximum absolute atomic E-state index is 12.9. The second kappa shape index (κ2) is 8.03. The summed E-state index contributed by atoms with van der Waals surface area (Å²) in [4.78, 5) is 13.0. The molecule has 2 unspecified atom stereocenters. The third-order valence-corrected chi connectivity index (χ3v) is 6.73. The number of nitrogens with one attached hydrogen (secondary N) is 2. The van der Waals surface area contributed by atoms with E-state index in [4.69, 9.17) is 0 Å². The van der Waals surface area contributed by atoms with Crippen molar-refractivity contribution in [2.24, 2.45) is 0 Å². The summed E-state index contributed by atoms with van der Waals surface area (Å²) in [5.41, 5.74) is 1.40. The lowest BCUT2D eigenvalue weighted by Crippen LogP contribution is -2.59. The summed E-state index contributed by atoms with van der Waals surface area (Å²) in [5.74, 6) is -0.533. The number of sulfonamides is 1. The standard InChI is InChI=1S/C21H26N2O4S/c1-15-9-11-18(12-10-15)28(26,27)23-19(16(2)24)20(25)22-21(13-6-14-21)17-7-4-3-5-8-17/h3-5,7-12,16,19,23-24H,6,13-14H2,1-2H3,(H,22,25). The van der Waals surface area contributed by atoms with Gasteiger partial charge in [-0.3, -0.25) is 4.79 Å². The molecule has 1 fully saturated rings. The number of aryl methyl sites for hydroxylation is 1. The van der Waals surface area contributed by atoms with Gasteiger partial charge in [0.05, 0.1) is 16.5 Å². The summed E-state index contributed by atoms with van der Waals surface area (Å²) in [6.45, 7) is 3.26. The number of hydrogen-bond acceptors (Lipinski definition) is 4. The Kier molecular flexibility index (Phi) is 5.88. The molecule has 2 atom stereocenters. The van der Waals surface area contributed by atoms with Crippen LogP contribution in [0.2, 0.25) is 0 Å². The molecule has 7 heteroatoms. The Balaban J connectivity index is 1.80. The second-order valence-electron chi connectivity index (χ2n) is 7.44. The first-order valence-corrected chi connectivity index (χ1v) is 10.9. The van der Waals surface area contributed by atoms with E-state index in [2.05, 4.69) is 10.0 Å². The highest BCUT2D eigenvalue weighted by Crippen LogP contribution is 2.41. The van der Waals surface area contributed by atoms with Crippen LogP contribution in [0, 0.1) is 6.92 Å². The molecule has 6 nitrogen and oxygen atoms in total. The number of amides is 1. The molecular weight excluding hydrogens is 376 g/mol. The zero-order chi connectivity index (χ0) is 20.4. The summed E-state index contributed by atoms with van der Waals surface area (Å²) in [6, 6.07) is 14.7. The molecule has 0 saturated heterocycles. The molecule has 0 heterocycles. The van der Waals surface area contributed by atoms with E-state index in [-0.39, 0.29) is 4.90 Å². The number of aliphatic hydroxyl groups is 1. The molecule has 2 aromatic carbocycles. The maximum atomic E-state index is 12.9. The third kappa shape index (κ3) is 4.27. The predicted molar refractivity (Wildman–Crippen MR) is 107 cm³/mol. The average Bonchev–Trinajstić information content (AvgIpc) is 2.63. The van der Waals surface area contributed by atoms with Gasteiger partial charge in [0, 0.05) is 0 Å². The lowest BCUT2D eigenvalue weighted by atomic mass is 9.71. The Hall–Kier alpha value is -2.22. The highest BCUT2D eigenvalue weighted by atomic mass is 32.2. The third-order valence-electron chi connectivity index (χ3n) is 5.27. The molecule has 0 bridgehead atoms. The van der Waals surface area contributed by atoms with Gasteiger partial charge < -0.3 is 10.4 Å². The number of hydrogen-bond donors (Lipinski definition) is 3. The molecular formula is C21H26N2O4S. The van der Waals surface area contributed by atoms with Crippen molar-refractivity contribution in [1.82, 2.24) is 10.0 Å². The molecule has 3 N–H and O–H groups in total. The summed E-state index contributed by atoms with van der Waals surface area (Å²) in [6.07, 6.45) is 1.34. The van der Waals surface area contributed by atoms with Crippen LogP contribution < -0.4 is 10.0 Å². The van der Waals surface area contributed by atoms with Crippen LogP contribution >= 0.6 is 0 Å². The molecule has 3 rings (SSSR count). The Bertz CT molecular complexity index is 921. The monoisotopic (exact) mass is 402 g/mol. The summed E-state index contributed by atoms with van der Waals surface area (Å²) in [7, 11) is -3.95. The van der Waals surface area contributed by atoms with Gasteiger partial charge >= 0.3 is 0 Å². The fraction of sp³-hybridized carbons (Fsp3) is 0.381. The topological polar surface area (TPSA) is 95.5 Å². The first-order valence-electron chi connectivity index (χ1n) is 9.38. The van der Waals surface area contributed by atoms with Crippen molar-refractivity contribution < 1.29 is 18.3 Å². The van der Waals surface area contributed by atoms with E-state index < -0.39 is 33.6 Å². The molecule has 1 saturated carbocycles. The SMILES string of the molecule is Cc1ccc(S(=O)(=O)NC(C(=O)NC2(c3ccccc3)CCC2)C(C)O)cc1. The largest absolute Gasteiger partial charge is 0.391 e. The molecule has 150 valence electrons. The lowest BCUT2D eigenvalue weighted by molar-refractivity contribution is -0.128. The highest BCUT2D eigenvalue weighted by molar-refractivity contribution is 7.89. The van der Waals surface area contributed by atoms with Gasteiger partial charge in [-0.25, -0.2) is 8.42 Å². The van der Waals surface area contributed by atoms with Crippen molar-refractivity contribution in [2.45, 2.75) is 55.7 Å². The summed E-state index contributed by atoms with van der Waals surface area (Å²) in [5, 5.41) is 13.1. The molecule has 1 aliphatic carbocycles.